The summed E-state index contributed by atoms with van der Waals surface area (Å²) in [7, 11) is 1.56. The molecule has 0 unspecified atom stereocenters. The molecule has 0 aliphatic heterocycles. The zero-order chi connectivity index (χ0) is 16.7. The fourth-order valence-electron chi connectivity index (χ4n) is 2.45. The molecule has 4 nitrogen and oxygen atoms in total. The molecular formula is C19H20O4. The fraction of sp³-hybridized carbons (Fsp3) is 0.263. The number of carbonyl (C=O) groups is 2. The van der Waals surface area contributed by atoms with Gasteiger partial charge < -0.3 is 9.84 Å². The molecule has 1 N–H and O–H groups in total. The first-order valence-electron chi connectivity index (χ1n) is 7.56. The van der Waals surface area contributed by atoms with E-state index < -0.39 is 5.97 Å². The van der Waals surface area contributed by atoms with Crippen LogP contribution in [0.1, 0.15) is 40.7 Å². The zero-order valence-electron chi connectivity index (χ0n) is 13.1. The SMILES string of the molecule is COc1ccc(Cc2ccccc2)c(C(=O)CCCC(=O)O)c1. The van der Waals surface area contributed by atoms with Gasteiger partial charge in [-0.2, -0.15) is 0 Å². The van der Waals surface area contributed by atoms with E-state index in [0.29, 0.717) is 24.2 Å². The summed E-state index contributed by atoms with van der Waals surface area (Å²) in [6.07, 6.45) is 1.23. The highest BCUT2D eigenvalue weighted by molar-refractivity contribution is 5.98. The van der Waals surface area contributed by atoms with Crippen molar-refractivity contribution in [3.8, 4) is 5.75 Å². The lowest BCUT2D eigenvalue weighted by Crippen LogP contribution is -2.06. The number of hydrogen-bond acceptors (Lipinski definition) is 3. The van der Waals surface area contributed by atoms with Crippen LogP contribution < -0.4 is 4.74 Å². The molecule has 2 aromatic rings. The highest BCUT2D eigenvalue weighted by Crippen LogP contribution is 2.22. The Morgan fingerprint density at radius 3 is 2.43 bits per heavy atom. The minimum atomic E-state index is -0.882. The average Bonchev–Trinajstić information content (AvgIpc) is 2.55. The number of carboxylic acid groups (broad SMARTS) is 1. The minimum absolute atomic E-state index is 0.00370. The Morgan fingerprint density at radius 2 is 1.78 bits per heavy atom. The third-order valence-electron chi connectivity index (χ3n) is 3.65. The predicted octanol–water partition coefficient (Wildman–Crippen LogP) is 3.72. The van der Waals surface area contributed by atoms with Gasteiger partial charge in [0.25, 0.3) is 0 Å². The predicted molar refractivity (Wildman–Crippen MR) is 88.1 cm³/mol. The van der Waals surface area contributed by atoms with Crippen LogP contribution in [0, 0.1) is 0 Å². The second-order valence-electron chi connectivity index (χ2n) is 5.36. The number of rotatable bonds is 8. The second kappa shape index (κ2) is 8.13. The summed E-state index contributed by atoms with van der Waals surface area (Å²) in [5, 5.41) is 8.70. The molecule has 0 bridgehead atoms. The van der Waals surface area contributed by atoms with Crippen LogP contribution in [0.3, 0.4) is 0 Å². The summed E-state index contributed by atoms with van der Waals surface area (Å²) >= 11 is 0. The molecular weight excluding hydrogens is 292 g/mol. The molecule has 0 radical (unpaired) electrons. The van der Waals surface area contributed by atoms with E-state index >= 15 is 0 Å². The average molecular weight is 312 g/mol. The van der Waals surface area contributed by atoms with Gasteiger partial charge in [0.05, 0.1) is 7.11 Å². The number of ketones is 1. The molecule has 0 saturated carbocycles. The van der Waals surface area contributed by atoms with Crippen molar-refractivity contribution < 1.29 is 19.4 Å². The van der Waals surface area contributed by atoms with E-state index in [1.807, 2.05) is 42.5 Å². The summed E-state index contributed by atoms with van der Waals surface area (Å²) in [5.74, 6) is -0.299. The summed E-state index contributed by atoms with van der Waals surface area (Å²) in [6.45, 7) is 0. The maximum atomic E-state index is 12.5. The van der Waals surface area contributed by atoms with Crippen LogP contribution in [0.5, 0.6) is 5.75 Å². The Kier molecular flexibility index (Phi) is 5.92. The number of benzene rings is 2. The van der Waals surface area contributed by atoms with Gasteiger partial charge in [-0.25, -0.2) is 0 Å². The quantitative estimate of drug-likeness (QED) is 0.754. The molecule has 0 aliphatic carbocycles. The standard InChI is InChI=1S/C19H20O4/c1-23-16-11-10-15(12-14-6-3-2-4-7-14)17(13-16)18(20)8-5-9-19(21)22/h2-4,6-7,10-11,13H,5,8-9,12H2,1H3,(H,21,22). The van der Waals surface area contributed by atoms with Crippen molar-refractivity contribution in [1.82, 2.24) is 0 Å². The number of methoxy groups -OCH3 is 1. The normalized spacial score (nSPS) is 10.3. The van der Waals surface area contributed by atoms with Gasteiger partial charge in [0.2, 0.25) is 0 Å². The van der Waals surface area contributed by atoms with Crippen molar-refractivity contribution in [2.75, 3.05) is 7.11 Å². The van der Waals surface area contributed by atoms with E-state index in [1.54, 1.807) is 13.2 Å². The summed E-state index contributed by atoms with van der Waals surface area (Å²) in [4.78, 5) is 23.1. The van der Waals surface area contributed by atoms with E-state index in [0.717, 1.165) is 11.1 Å². The number of Topliss-reactive ketones (excluding diaryl/α,β-unsaturated/α-hetero) is 1. The van der Waals surface area contributed by atoms with E-state index in [-0.39, 0.29) is 18.6 Å². The maximum absolute atomic E-state index is 12.5. The summed E-state index contributed by atoms with van der Waals surface area (Å²) in [5.41, 5.74) is 2.66. The number of ether oxygens (including phenoxy) is 1. The Hall–Kier alpha value is -2.62. The van der Waals surface area contributed by atoms with Crippen molar-refractivity contribution in [1.29, 1.82) is 0 Å². The number of carbonyl (C=O) groups excluding carboxylic acids is 1. The molecule has 2 aromatic carbocycles. The van der Waals surface area contributed by atoms with Crippen molar-refractivity contribution in [3.05, 3.63) is 65.2 Å². The van der Waals surface area contributed by atoms with Crippen LogP contribution >= 0.6 is 0 Å². The third-order valence-corrected chi connectivity index (χ3v) is 3.65. The van der Waals surface area contributed by atoms with Gasteiger partial charge in [-0.15, -0.1) is 0 Å². The minimum Gasteiger partial charge on any atom is -0.497 e. The zero-order valence-corrected chi connectivity index (χ0v) is 13.1. The van der Waals surface area contributed by atoms with Crippen molar-refractivity contribution in [2.45, 2.75) is 25.7 Å². The number of carboxylic acids is 1. The molecule has 0 saturated heterocycles. The number of aliphatic carboxylic acids is 1. The molecule has 2 rings (SSSR count). The fourth-order valence-corrected chi connectivity index (χ4v) is 2.45. The molecule has 0 heterocycles. The summed E-state index contributed by atoms with van der Waals surface area (Å²) in [6, 6.07) is 15.4. The lowest BCUT2D eigenvalue weighted by atomic mass is 9.95. The van der Waals surface area contributed by atoms with E-state index in [9.17, 15) is 9.59 Å². The molecule has 0 aromatic heterocycles. The van der Waals surface area contributed by atoms with Gasteiger partial charge in [-0.1, -0.05) is 36.4 Å². The van der Waals surface area contributed by atoms with Crippen LogP contribution in [0.4, 0.5) is 0 Å². The Morgan fingerprint density at radius 1 is 1.04 bits per heavy atom. The van der Waals surface area contributed by atoms with Gasteiger partial charge in [0, 0.05) is 18.4 Å². The second-order valence-corrected chi connectivity index (χ2v) is 5.36. The van der Waals surface area contributed by atoms with Gasteiger partial charge in [-0.05, 0) is 36.1 Å². The van der Waals surface area contributed by atoms with E-state index in [1.165, 1.54) is 0 Å². The highest BCUT2D eigenvalue weighted by atomic mass is 16.5. The molecule has 120 valence electrons. The largest absolute Gasteiger partial charge is 0.497 e. The van der Waals surface area contributed by atoms with Crippen molar-refractivity contribution in [2.24, 2.45) is 0 Å². The molecule has 0 fully saturated rings. The van der Waals surface area contributed by atoms with Gasteiger partial charge in [-0.3, -0.25) is 9.59 Å². The molecule has 0 amide bonds. The molecule has 0 aliphatic rings. The van der Waals surface area contributed by atoms with Crippen LogP contribution in [0.25, 0.3) is 0 Å². The van der Waals surface area contributed by atoms with Gasteiger partial charge in [0.15, 0.2) is 5.78 Å². The first-order valence-corrected chi connectivity index (χ1v) is 7.56. The molecule has 0 spiro atoms. The first-order chi connectivity index (χ1) is 11.1. The highest BCUT2D eigenvalue weighted by Gasteiger charge is 2.14. The van der Waals surface area contributed by atoms with Crippen LogP contribution in [-0.2, 0) is 11.2 Å². The topological polar surface area (TPSA) is 63.6 Å². The van der Waals surface area contributed by atoms with Crippen LogP contribution in [0.2, 0.25) is 0 Å². The van der Waals surface area contributed by atoms with Gasteiger partial charge in [0.1, 0.15) is 5.75 Å². The molecule has 0 atom stereocenters. The maximum Gasteiger partial charge on any atom is 0.303 e. The smallest absolute Gasteiger partial charge is 0.303 e. The van der Waals surface area contributed by atoms with E-state index in [2.05, 4.69) is 0 Å². The Balaban J connectivity index is 2.20. The van der Waals surface area contributed by atoms with Crippen LogP contribution in [0.15, 0.2) is 48.5 Å². The third kappa shape index (κ3) is 4.95. The van der Waals surface area contributed by atoms with E-state index in [4.69, 9.17) is 9.84 Å². The van der Waals surface area contributed by atoms with Crippen molar-refractivity contribution >= 4 is 11.8 Å². The number of hydrogen-bond donors (Lipinski definition) is 1. The first kappa shape index (κ1) is 16.7. The summed E-state index contributed by atoms with van der Waals surface area (Å²) < 4.78 is 5.21. The lowest BCUT2D eigenvalue weighted by molar-refractivity contribution is -0.137. The Labute approximate surface area is 135 Å². The monoisotopic (exact) mass is 312 g/mol. The lowest BCUT2D eigenvalue weighted by Gasteiger charge is -2.11. The molecule has 4 heteroatoms. The molecule has 23 heavy (non-hydrogen) atoms. The van der Waals surface area contributed by atoms with Crippen molar-refractivity contribution in [3.63, 3.8) is 0 Å². The van der Waals surface area contributed by atoms with Crippen LogP contribution in [-0.4, -0.2) is 24.0 Å². The Bertz CT molecular complexity index is 677. The van der Waals surface area contributed by atoms with Gasteiger partial charge >= 0.3 is 5.97 Å².